The summed E-state index contributed by atoms with van der Waals surface area (Å²) in [6, 6.07) is 5.86. The summed E-state index contributed by atoms with van der Waals surface area (Å²) in [6.07, 6.45) is 2.56. The Balaban J connectivity index is 2.13. The first-order chi connectivity index (χ1) is 8.69. The molecule has 2 rings (SSSR count). The molecular weight excluding hydrogens is 248 g/mol. The average molecular weight is 265 g/mol. The van der Waals surface area contributed by atoms with E-state index in [9.17, 15) is 0 Å². The Morgan fingerprint density at radius 3 is 2.89 bits per heavy atom. The first kappa shape index (κ1) is 13.1. The minimum atomic E-state index is 0.718. The van der Waals surface area contributed by atoms with Crippen LogP contribution in [0.25, 0.3) is 11.3 Å². The van der Waals surface area contributed by atoms with E-state index in [1.807, 2.05) is 25.1 Å². The molecule has 0 saturated heterocycles. The molecule has 0 aliphatic carbocycles. The summed E-state index contributed by atoms with van der Waals surface area (Å²) in [5, 5.41) is 3.96. The molecule has 4 heteroatoms. The van der Waals surface area contributed by atoms with Gasteiger partial charge in [-0.1, -0.05) is 18.5 Å². The SMILES string of the molecule is CCNCCc1ncc(-c2cc(C)cc(Cl)c2)o1. The number of nitrogens with one attached hydrogen (secondary N) is 1. The van der Waals surface area contributed by atoms with Crippen LogP contribution in [-0.2, 0) is 6.42 Å². The molecule has 1 heterocycles. The Hall–Kier alpha value is -1.32. The first-order valence-electron chi connectivity index (χ1n) is 6.12. The lowest BCUT2D eigenvalue weighted by atomic mass is 10.1. The first-order valence-corrected chi connectivity index (χ1v) is 6.50. The van der Waals surface area contributed by atoms with Crippen LogP contribution in [0.3, 0.4) is 0 Å². The standard InChI is InChI=1S/C14H17ClN2O/c1-3-16-5-4-14-17-9-13(18-14)11-6-10(2)7-12(15)8-11/h6-9,16H,3-5H2,1-2H3. The third kappa shape index (κ3) is 3.34. The van der Waals surface area contributed by atoms with Crippen LogP contribution in [0.2, 0.25) is 5.02 Å². The molecule has 0 spiro atoms. The van der Waals surface area contributed by atoms with E-state index >= 15 is 0 Å². The number of likely N-dealkylation sites (N-methyl/N-ethyl adjacent to an activating group) is 1. The van der Waals surface area contributed by atoms with E-state index in [0.717, 1.165) is 47.3 Å². The van der Waals surface area contributed by atoms with E-state index in [-0.39, 0.29) is 0 Å². The zero-order valence-electron chi connectivity index (χ0n) is 10.7. The van der Waals surface area contributed by atoms with Crippen molar-refractivity contribution in [2.45, 2.75) is 20.3 Å². The van der Waals surface area contributed by atoms with Crippen molar-refractivity contribution in [1.82, 2.24) is 10.3 Å². The van der Waals surface area contributed by atoms with Gasteiger partial charge in [0.15, 0.2) is 11.7 Å². The molecule has 0 aliphatic rings. The molecule has 0 radical (unpaired) electrons. The molecule has 0 aliphatic heterocycles. The number of halogens is 1. The van der Waals surface area contributed by atoms with E-state index in [4.69, 9.17) is 16.0 Å². The molecule has 1 aromatic heterocycles. The normalized spacial score (nSPS) is 10.8. The van der Waals surface area contributed by atoms with Crippen molar-refractivity contribution in [3.05, 3.63) is 40.9 Å². The third-order valence-electron chi connectivity index (χ3n) is 2.65. The smallest absolute Gasteiger partial charge is 0.196 e. The summed E-state index contributed by atoms with van der Waals surface area (Å²) in [7, 11) is 0. The fourth-order valence-corrected chi connectivity index (χ4v) is 2.10. The zero-order valence-corrected chi connectivity index (χ0v) is 11.4. The minimum absolute atomic E-state index is 0.718. The van der Waals surface area contributed by atoms with Crippen LogP contribution in [0.1, 0.15) is 18.4 Å². The number of aryl methyl sites for hydroxylation is 1. The van der Waals surface area contributed by atoms with Crippen molar-refractivity contribution < 1.29 is 4.42 Å². The van der Waals surface area contributed by atoms with Crippen LogP contribution in [0.15, 0.2) is 28.8 Å². The number of oxazole rings is 1. The topological polar surface area (TPSA) is 38.1 Å². The summed E-state index contributed by atoms with van der Waals surface area (Å²) in [6.45, 7) is 5.93. The molecule has 0 unspecified atom stereocenters. The van der Waals surface area contributed by atoms with Crippen molar-refractivity contribution >= 4 is 11.6 Å². The molecule has 0 saturated carbocycles. The van der Waals surface area contributed by atoms with Gasteiger partial charge >= 0.3 is 0 Å². The highest BCUT2D eigenvalue weighted by molar-refractivity contribution is 6.30. The second kappa shape index (κ2) is 6.03. The Morgan fingerprint density at radius 2 is 2.17 bits per heavy atom. The zero-order chi connectivity index (χ0) is 13.0. The number of benzene rings is 1. The molecule has 96 valence electrons. The van der Waals surface area contributed by atoms with Gasteiger partial charge in [0.1, 0.15) is 0 Å². The van der Waals surface area contributed by atoms with Gasteiger partial charge in [-0.3, -0.25) is 0 Å². The van der Waals surface area contributed by atoms with Gasteiger partial charge < -0.3 is 9.73 Å². The van der Waals surface area contributed by atoms with Crippen LogP contribution in [0, 0.1) is 6.92 Å². The quantitative estimate of drug-likeness (QED) is 0.841. The maximum absolute atomic E-state index is 6.04. The summed E-state index contributed by atoms with van der Waals surface area (Å²) < 4.78 is 5.72. The van der Waals surface area contributed by atoms with Crippen molar-refractivity contribution in [2.24, 2.45) is 0 Å². The van der Waals surface area contributed by atoms with Crippen molar-refractivity contribution in [2.75, 3.05) is 13.1 Å². The second-order valence-corrected chi connectivity index (χ2v) is 4.68. The molecule has 3 nitrogen and oxygen atoms in total. The van der Waals surface area contributed by atoms with Gasteiger partial charge in [-0.2, -0.15) is 0 Å². The molecule has 0 atom stereocenters. The van der Waals surface area contributed by atoms with Crippen molar-refractivity contribution in [3.8, 4) is 11.3 Å². The molecule has 2 aromatic rings. The van der Waals surface area contributed by atoms with E-state index < -0.39 is 0 Å². The molecule has 0 fully saturated rings. The van der Waals surface area contributed by atoms with Crippen LogP contribution in [0.5, 0.6) is 0 Å². The highest BCUT2D eigenvalue weighted by Crippen LogP contribution is 2.25. The summed E-state index contributed by atoms with van der Waals surface area (Å²) in [5.74, 6) is 1.52. The van der Waals surface area contributed by atoms with Crippen LogP contribution < -0.4 is 5.32 Å². The van der Waals surface area contributed by atoms with Crippen LogP contribution in [-0.4, -0.2) is 18.1 Å². The highest BCUT2D eigenvalue weighted by Gasteiger charge is 2.07. The summed E-state index contributed by atoms with van der Waals surface area (Å²) in [4.78, 5) is 4.27. The second-order valence-electron chi connectivity index (χ2n) is 4.24. The Morgan fingerprint density at radius 1 is 1.33 bits per heavy atom. The predicted molar refractivity (Wildman–Crippen MR) is 73.9 cm³/mol. The molecule has 0 amide bonds. The molecule has 18 heavy (non-hydrogen) atoms. The van der Waals surface area contributed by atoms with Crippen LogP contribution >= 0.6 is 11.6 Å². The average Bonchev–Trinajstić information content (AvgIpc) is 2.77. The maximum Gasteiger partial charge on any atom is 0.196 e. The van der Waals surface area contributed by atoms with E-state index in [2.05, 4.69) is 17.2 Å². The Kier molecular flexibility index (Phi) is 4.39. The van der Waals surface area contributed by atoms with Crippen LogP contribution in [0.4, 0.5) is 0 Å². The van der Waals surface area contributed by atoms with Gasteiger partial charge in [-0.05, 0) is 37.2 Å². The lowest BCUT2D eigenvalue weighted by Crippen LogP contribution is -2.16. The van der Waals surface area contributed by atoms with E-state index in [1.165, 1.54) is 0 Å². The number of rotatable bonds is 5. The number of nitrogens with zero attached hydrogens (tertiary/aromatic N) is 1. The number of hydrogen-bond acceptors (Lipinski definition) is 3. The number of hydrogen-bond donors (Lipinski definition) is 1. The monoisotopic (exact) mass is 264 g/mol. The lowest BCUT2D eigenvalue weighted by molar-refractivity contribution is 0.497. The van der Waals surface area contributed by atoms with Gasteiger partial charge in [-0.15, -0.1) is 0 Å². The molecular formula is C14H17ClN2O. The summed E-state index contributed by atoms with van der Waals surface area (Å²) in [5.41, 5.74) is 2.09. The molecule has 1 aromatic carbocycles. The van der Waals surface area contributed by atoms with Gasteiger partial charge in [0, 0.05) is 23.6 Å². The summed E-state index contributed by atoms with van der Waals surface area (Å²) >= 11 is 6.04. The van der Waals surface area contributed by atoms with E-state index in [0.29, 0.717) is 0 Å². The number of aromatic nitrogens is 1. The lowest BCUT2D eigenvalue weighted by Gasteiger charge is -2.00. The van der Waals surface area contributed by atoms with Gasteiger partial charge in [0.2, 0.25) is 0 Å². The predicted octanol–water partition coefficient (Wildman–Crippen LogP) is 3.46. The highest BCUT2D eigenvalue weighted by atomic mass is 35.5. The van der Waals surface area contributed by atoms with Gasteiger partial charge in [0.25, 0.3) is 0 Å². The Labute approximate surface area is 112 Å². The van der Waals surface area contributed by atoms with Crippen molar-refractivity contribution in [3.63, 3.8) is 0 Å². The third-order valence-corrected chi connectivity index (χ3v) is 2.86. The maximum atomic E-state index is 6.04. The van der Waals surface area contributed by atoms with Gasteiger partial charge in [0.05, 0.1) is 6.20 Å². The largest absolute Gasteiger partial charge is 0.441 e. The molecule has 1 N–H and O–H groups in total. The fourth-order valence-electron chi connectivity index (χ4n) is 1.81. The van der Waals surface area contributed by atoms with Gasteiger partial charge in [-0.25, -0.2) is 4.98 Å². The van der Waals surface area contributed by atoms with Crippen molar-refractivity contribution in [1.29, 1.82) is 0 Å². The Bertz CT molecular complexity index is 502. The minimum Gasteiger partial charge on any atom is -0.441 e. The fraction of sp³-hybridized carbons (Fsp3) is 0.357. The van der Waals surface area contributed by atoms with E-state index in [1.54, 1.807) is 6.20 Å². The molecule has 0 bridgehead atoms.